The van der Waals surface area contributed by atoms with Crippen LogP contribution in [0, 0.1) is 28.6 Å². The van der Waals surface area contributed by atoms with Gasteiger partial charge in [-0.05, 0) is 67.1 Å². The van der Waals surface area contributed by atoms with E-state index in [1.165, 1.54) is 31.8 Å². The van der Waals surface area contributed by atoms with Gasteiger partial charge < -0.3 is 9.84 Å². The highest BCUT2D eigenvalue weighted by Crippen LogP contribution is 2.66. The average molecular weight is 318 g/mol. The Morgan fingerprint density at radius 3 is 2.70 bits per heavy atom. The zero-order valence-electron chi connectivity index (χ0n) is 14.7. The first kappa shape index (κ1) is 15.7. The molecule has 3 saturated carbocycles. The van der Waals surface area contributed by atoms with Crippen LogP contribution in [0.1, 0.15) is 65.7 Å². The number of hydrogen-bond acceptors (Lipinski definition) is 3. The number of aliphatic hydroxyl groups excluding tert-OH is 1. The first-order chi connectivity index (χ1) is 10.8. The number of carbonyl (C=O) groups excluding carboxylic acids is 1. The molecule has 0 saturated heterocycles. The normalized spacial score (nSPS) is 51.5. The van der Waals surface area contributed by atoms with Gasteiger partial charge in [-0.15, -0.1) is 0 Å². The third-order valence-corrected chi connectivity index (χ3v) is 7.99. The number of carbonyl (C=O) groups is 1. The van der Waals surface area contributed by atoms with Crippen molar-refractivity contribution in [3.63, 3.8) is 0 Å². The minimum absolute atomic E-state index is 0.0764. The van der Waals surface area contributed by atoms with E-state index in [-0.39, 0.29) is 23.6 Å². The second-order valence-electron chi connectivity index (χ2n) is 9.01. The molecule has 0 heterocycles. The van der Waals surface area contributed by atoms with Crippen molar-refractivity contribution in [1.29, 1.82) is 0 Å². The number of esters is 1. The lowest BCUT2D eigenvalue weighted by molar-refractivity contribution is -0.148. The number of fused-ring (bicyclic) bond motifs is 5. The fourth-order valence-corrected chi connectivity index (χ4v) is 6.59. The minimum Gasteiger partial charge on any atom is -0.462 e. The Kier molecular flexibility index (Phi) is 3.46. The Balaban J connectivity index is 1.61. The summed E-state index contributed by atoms with van der Waals surface area (Å²) in [7, 11) is 0. The van der Waals surface area contributed by atoms with Gasteiger partial charge >= 0.3 is 5.97 Å². The molecule has 0 aromatic carbocycles. The molecule has 23 heavy (non-hydrogen) atoms. The molecule has 1 N–H and O–H groups in total. The highest BCUT2D eigenvalue weighted by molar-refractivity contribution is 5.66. The topological polar surface area (TPSA) is 46.5 Å². The minimum atomic E-state index is -0.152. The average Bonchev–Trinajstić information content (AvgIpc) is 2.94. The van der Waals surface area contributed by atoms with Gasteiger partial charge in [-0.2, -0.15) is 0 Å². The smallest absolute Gasteiger partial charge is 0.302 e. The Morgan fingerprint density at radius 1 is 1.17 bits per heavy atom. The van der Waals surface area contributed by atoms with E-state index < -0.39 is 0 Å². The largest absolute Gasteiger partial charge is 0.462 e. The summed E-state index contributed by atoms with van der Waals surface area (Å²) in [6, 6.07) is 0. The summed E-state index contributed by atoms with van der Waals surface area (Å²) in [5.74, 6) is 1.85. The number of hydrogen-bond donors (Lipinski definition) is 1. The van der Waals surface area contributed by atoms with Gasteiger partial charge in [-0.3, -0.25) is 4.79 Å². The van der Waals surface area contributed by atoms with E-state index in [9.17, 15) is 9.90 Å². The monoisotopic (exact) mass is 318 g/mol. The van der Waals surface area contributed by atoms with E-state index in [4.69, 9.17) is 4.74 Å². The molecule has 3 fully saturated rings. The van der Waals surface area contributed by atoms with E-state index in [1.54, 1.807) is 0 Å². The third-order valence-electron chi connectivity index (χ3n) is 7.99. The molecule has 0 amide bonds. The van der Waals surface area contributed by atoms with Crippen LogP contribution >= 0.6 is 0 Å². The van der Waals surface area contributed by atoms with Gasteiger partial charge in [0.1, 0.15) is 6.10 Å². The zero-order valence-corrected chi connectivity index (χ0v) is 14.7. The number of allylic oxidation sites excluding steroid dienone is 1. The van der Waals surface area contributed by atoms with Crippen molar-refractivity contribution in [2.24, 2.45) is 28.6 Å². The van der Waals surface area contributed by atoms with Crippen LogP contribution in [0.25, 0.3) is 0 Å². The molecule has 4 aliphatic rings. The van der Waals surface area contributed by atoms with Crippen molar-refractivity contribution in [1.82, 2.24) is 0 Å². The van der Waals surface area contributed by atoms with Crippen LogP contribution in [0.3, 0.4) is 0 Å². The fourth-order valence-electron chi connectivity index (χ4n) is 6.59. The van der Waals surface area contributed by atoms with Gasteiger partial charge in [0.05, 0.1) is 6.10 Å². The van der Waals surface area contributed by atoms with Crippen molar-refractivity contribution < 1.29 is 14.6 Å². The molecule has 0 aromatic rings. The molecular weight excluding hydrogens is 288 g/mol. The zero-order chi connectivity index (χ0) is 16.4. The maximum Gasteiger partial charge on any atom is 0.302 e. The van der Waals surface area contributed by atoms with Crippen LogP contribution in [-0.4, -0.2) is 23.3 Å². The number of rotatable bonds is 1. The molecule has 3 heteroatoms. The number of aliphatic hydroxyl groups is 1. The second-order valence-corrected chi connectivity index (χ2v) is 9.01. The first-order valence-corrected chi connectivity index (χ1v) is 9.41. The summed E-state index contributed by atoms with van der Waals surface area (Å²) in [5.41, 5.74) is 1.96. The van der Waals surface area contributed by atoms with E-state index in [2.05, 4.69) is 19.9 Å². The Labute approximate surface area is 139 Å². The molecule has 0 radical (unpaired) electrons. The van der Waals surface area contributed by atoms with E-state index in [0.717, 1.165) is 31.6 Å². The van der Waals surface area contributed by atoms with Gasteiger partial charge in [0, 0.05) is 13.3 Å². The van der Waals surface area contributed by atoms with Crippen LogP contribution in [-0.2, 0) is 9.53 Å². The Hall–Kier alpha value is -0.830. The second kappa shape index (κ2) is 5.08. The predicted molar refractivity (Wildman–Crippen MR) is 88.6 cm³/mol. The predicted octanol–water partition coefficient (Wildman–Crippen LogP) is 3.85. The van der Waals surface area contributed by atoms with Crippen molar-refractivity contribution in [2.45, 2.75) is 77.9 Å². The molecule has 0 aromatic heterocycles. The fraction of sp³-hybridized carbons (Fsp3) is 0.850. The maximum atomic E-state index is 11.3. The van der Waals surface area contributed by atoms with Crippen LogP contribution < -0.4 is 0 Å². The summed E-state index contributed by atoms with van der Waals surface area (Å²) in [6.07, 6.45) is 10.1. The molecule has 4 aliphatic carbocycles. The first-order valence-electron chi connectivity index (χ1n) is 9.41. The van der Waals surface area contributed by atoms with Crippen molar-refractivity contribution >= 4 is 5.97 Å². The van der Waals surface area contributed by atoms with Gasteiger partial charge in [0.25, 0.3) is 0 Å². The van der Waals surface area contributed by atoms with Gasteiger partial charge in [-0.1, -0.05) is 25.5 Å². The number of ether oxygens (including phenoxy) is 1. The molecule has 128 valence electrons. The van der Waals surface area contributed by atoms with Crippen LogP contribution in [0.4, 0.5) is 0 Å². The van der Waals surface area contributed by atoms with Crippen molar-refractivity contribution in [3.8, 4) is 0 Å². The lowest BCUT2D eigenvalue weighted by atomic mass is 9.55. The summed E-state index contributed by atoms with van der Waals surface area (Å²) in [5, 5.41) is 10.5. The molecular formula is C20H30O3. The van der Waals surface area contributed by atoms with Crippen LogP contribution in [0.15, 0.2) is 11.6 Å². The quantitative estimate of drug-likeness (QED) is 0.590. The van der Waals surface area contributed by atoms with E-state index >= 15 is 0 Å². The highest BCUT2D eigenvalue weighted by Gasteiger charge is 2.59. The van der Waals surface area contributed by atoms with Crippen molar-refractivity contribution in [3.05, 3.63) is 11.6 Å². The molecule has 0 spiro atoms. The van der Waals surface area contributed by atoms with E-state index in [1.807, 2.05) is 0 Å². The Morgan fingerprint density at radius 2 is 1.96 bits per heavy atom. The summed E-state index contributed by atoms with van der Waals surface area (Å²) in [4.78, 5) is 11.3. The Bertz CT molecular complexity index is 553. The van der Waals surface area contributed by atoms with Gasteiger partial charge in [0.15, 0.2) is 0 Å². The van der Waals surface area contributed by atoms with Gasteiger partial charge in [0.2, 0.25) is 0 Å². The molecule has 3 nitrogen and oxygen atoms in total. The van der Waals surface area contributed by atoms with Crippen LogP contribution in [0.2, 0.25) is 0 Å². The van der Waals surface area contributed by atoms with Crippen LogP contribution in [0.5, 0.6) is 0 Å². The summed E-state index contributed by atoms with van der Waals surface area (Å²) in [6.45, 7) is 6.28. The molecule has 0 bridgehead atoms. The molecule has 0 aliphatic heterocycles. The highest BCUT2D eigenvalue weighted by atomic mass is 16.5. The standard InChI is InChI=1S/C20H30O3/c1-12(21)23-14-6-8-19(2)13(10-14)11-15-16-4-5-18(22)20(16,3)9-7-17(15)19/h11,14-18,22H,4-10H2,1-3H3/t14-,15-,16-,17-,18-,19-,20-/m0/s1. The van der Waals surface area contributed by atoms with E-state index in [0.29, 0.717) is 17.3 Å². The molecule has 7 atom stereocenters. The molecule has 4 rings (SSSR count). The lowest BCUT2D eigenvalue weighted by Gasteiger charge is -2.50. The summed E-state index contributed by atoms with van der Waals surface area (Å²) < 4.78 is 5.50. The SMILES string of the molecule is CC(=O)O[C@H]1CC[C@@]2(C)C(=C[C@H]3[C@@H]4CC[C@H](O)[C@@]4(C)CC[C@@H]32)C1. The third kappa shape index (κ3) is 2.15. The lowest BCUT2D eigenvalue weighted by Crippen LogP contribution is -2.45. The maximum absolute atomic E-state index is 11.3. The van der Waals surface area contributed by atoms with Gasteiger partial charge in [-0.25, -0.2) is 0 Å². The van der Waals surface area contributed by atoms with Crippen molar-refractivity contribution in [2.75, 3.05) is 0 Å². The molecule has 0 unspecified atom stereocenters. The summed E-state index contributed by atoms with van der Waals surface area (Å²) >= 11 is 0.